The molecule has 2 amide bonds. The highest BCUT2D eigenvalue weighted by Gasteiger charge is 2.68. The van der Waals surface area contributed by atoms with Crippen LogP contribution in [0.1, 0.15) is 78.7 Å². The lowest BCUT2D eigenvalue weighted by Crippen LogP contribution is -2.63. The second kappa shape index (κ2) is 13.3. The maximum absolute atomic E-state index is 14.0. The lowest BCUT2D eigenvalue weighted by atomic mass is 9.44. The molecule has 0 radical (unpaired) electrons. The summed E-state index contributed by atoms with van der Waals surface area (Å²) in [6, 6.07) is 10.2. The van der Waals surface area contributed by atoms with Gasteiger partial charge in [0.15, 0.2) is 0 Å². The number of hydrogen-bond donors (Lipinski definition) is 1. The van der Waals surface area contributed by atoms with Gasteiger partial charge >= 0.3 is 6.09 Å². The van der Waals surface area contributed by atoms with Crippen LogP contribution in [-0.4, -0.2) is 68.9 Å². The van der Waals surface area contributed by atoms with Crippen molar-refractivity contribution in [3.8, 4) is 0 Å². The Labute approximate surface area is 269 Å². The van der Waals surface area contributed by atoms with Crippen molar-refractivity contribution in [3.63, 3.8) is 0 Å². The number of hydrogen-bond acceptors (Lipinski definition) is 7. The first kappa shape index (κ1) is 33.8. The van der Waals surface area contributed by atoms with Gasteiger partial charge in [-0.15, -0.1) is 0 Å². The molecule has 1 saturated heterocycles. The molecule has 3 aliphatic carbocycles. The number of alkyl carbamates (subject to hydrolysis) is 1. The van der Waals surface area contributed by atoms with Gasteiger partial charge in [-0.2, -0.15) is 0 Å². The van der Waals surface area contributed by atoms with Crippen molar-refractivity contribution in [1.82, 2.24) is 10.2 Å². The zero-order valence-corrected chi connectivity index (χ0v) is 28.3. The molecule has 0 spiro atoms. The Kier molecular flexibility index (Phi) is 9.98. The van der Waals surface area contributed by atoms with Crippen molar-refractivity contribution in [3.05, 3.63) is 42.0 Å². The summed E-state index contributed by atoms with van der Waals surface area (Å²) in [5.74, 6) is -0.205. The van der Waals surface area contributed by atoms with Crippen molar-refractivity contribution in [2.45, 2.75) is 85.4 Å². The Hall–Kier alpha value is -2.55. The van der Waals surface area contributed by atoms with Crippen molar-refractivity contribution in [1.29, 1.82) is 0 Å². The Morgan fingerprint density at radius 3 is 2.53 bits per heavy atom. The smallest absolute Gasteiger partial charge is 0.414 e. The van der Waals surface area contributed by atoms with Crippen molar-refractivity contribution in [2.24, 2.45) is 45.8 Å². The first-order chi connectivity index (χ1) is 21.4. The first-order valence-electron chi connectivity index (χ1n) is 16.9. The molecule has 1 heterocycles. The predicted octanol–water partition coefficient (Wildman–Crippen LogP) is 6.35. The Balaban J connectivity index is 1.55. The summed E-state index contributed by atoms with van der Waals surface area (Å²) in [6.07, 6.45) is 7.22. The average Bonchev–Trinajstić information content (AvgIpc) is 3.37. The molecule has 2 unspecified atom stereocenters. The standard InChI is InChI=1S/C37H54N2O6/c1-24-16-20-39(6)22-28(24)33(41)38-34(42)45-30-21-35(4,17-14-27-11-9-8-10-12-27)32(44-23-43-7)26(3)37-18-13-25(2)36(30,5)31(37)29(40)15-19-37/h8-12,14,17,24-26,28,30-32H,13,15-16,18-23H2,1-7H3,(H,38,41,42)/t24-,25+,26-,28-,30+,31?,32-,35+,36-,37?/m0/s1. The van der Waals surface area contributed by atoms with Crippen LogP contribution in [0, 0.1) is 45.8 Å². The summed E-state index contributed by atoms with van der Waals surface area (Å²) in [5.41, 5.74) is -0.397. The van der Waals surface area contributed by atoms with Crippen LogP contribution in [0.3, 0.4) is 0 Å². The first-order valence-corrected chi connectivity index (χ1v) is 16.9. The molecular weight excluding hydrogens is 568 g/mol. The number of ketones is 1. The molecule has 8 nitrogen and oxygen atoms in total. The number of nitrogens with zero attached hydrogens (tertiary/aromatic N) is 1. The topological polar surface area (TPSA) is 94.2 Å². The second-order valence-electron chi connectivity index (χ2n) is 15.2. The van der Waals surface area contributed by atoms with Crippen molar-refractivity contribution >= 4 is 23.9 Å². The van der Waals surface area contributed by atoms with Crippen LogP contribution in [0.15, 0.2) is 36.4 Å². The van der Waals surface area contributed by atoms with Gasteiger partial charge in [0.05, 0.1) is 12.0 Å². The minimum atomic E-state index is -0.724. The fourth-order valence-electron chi connectivity index (χ4n) is 9.69. The molecule has 1 aliphatic heterocycles. The van der Waals surface area contributed by atoms with E-state index < -0.39 is 23.0 Å². The van der Waals surface area contributed by atoms with E-state index in [0.29, 0.717) is 19.4 Å². The molecule has 3 saturated carbocycles. The summed E-state index contributed by atoms with van der Waals surface area (Å²) in [6.45, 7) is 12.5. The van der Waals surface area contributed by atoms with Gasteiger partial charge in [0.25, 0.3) is 0 Å². The van der Waals surface area contributed by atoms with Crippen LogP contribution in [0.2, 0.25) is 0 Å². The van der Waals surface area contributed by atoms with E-state index in [2.05, 4.69) is 69.1 Å². The quantitative estimate of drug-likeness (QED) is 0.355. The third kappa shape index (κ3) is 6.27. The highest BCUT2D eigenvalue weighted by Crippen LogP contribution is 2.68. The van der Waals surface area contributed by atoms with Crippen LogP contribution in [0.5, 0.6) is 0 Å². The molecule has 1 N–H and O–H groups in total. The number of nitrogens with one attached hydrogen (secondary N) is 1. The minimum Gasteiger partial charge on any atom is -0.445 e. The molecule has 1 aromatic carbocycles. The van der Waals surface area contributed by atoms with Gasteiger partial charge in [-0.05, 0) is 74.4 Å². The normalized spacial score (nSPS) is 40.4. The van der Waals surface area contributed by atoms with Gasteiger partial charge < -0.3 is 19.1 Å². The average molecular weight is 623 g/mol. The van der Waals surface area contributed by atoms with Crippen LogP contribution in [0.25, 0.3) is 6.08 Å². The summed E-state index contributed by atoms with van der Waals surface area (Å²) in [4.78, 5) is 43.2. The number of benzene rings is 1. The van der Waals surface area contributed by atoms with Gasteiger partial charge in [0, 0.05) is 36.8 Å². The van der Waals surface area contributed by atoms with E-state index in [1.54, 1.807) is 7.11 Å². The lowest BCUT2D eigenvalue weighted by molar-refractivity contribution is -0.214. The molecule has 248 valence electrons. The molecule has 5 rings (SSSR count). The third-order valence-corrected chi connectivity index (χ3v) is 12.6. The highest BCUT2D eigenvalue weighted by molar-refractivity contribution is 5.93. The fraction of sp³-hybridized carbons (Fsp3) is 0.703. The molecule has 45 heavy (non-hydrogen) atoms. The van der Waals surface area contributed by atoms with E-state index in [9.17, 15) is 14.4 Å². The van der Waals surface area contributed by atoms with E-state index in [-0.39, 0.29) is 59.6 Å². The van der Waals surface area contributed by atoms with Crippen molar-refractivity contribution in [2.75, 3.05) is 34.0 Å². The number of rotatable bonds is 7. The molecule has 4 aliphatic rings. The number of carbonyl (C=O) groups excluding carboxylic acids is 3. The highest BCUT2D eigenvalue weighted by atomic mass is 16.7. The van der Waals surface area contributed by atoms with E-state index >= 15 is 0 Å². The number of methoxy groups -OCH3 is 1. The van der Waals surface area contributed by atoms with E-state index in [1.165, 1.54) is 0 Å². The lowest BCUT2D eigenvalue weighted by Gasteiger charge is -2.62. The largest absolute Gasteiger partial charge is 0.445 e. The van der Waals surface area contributed by atoms with Crippen LogP contribution < -0.4 is 5.32 Å². The van der Waals surface area contributed by atoms with E-state index in [1.807, 2.05) is 25.2 Å². The second-order valence-corrected chi connectivity index (χ2v) is 15.2. The zero-order valence-electron chi connectivity index (χ0n) is 28.3. The molecule has 1 aromatic rings. The number of carbonyl (C=O) groups is 3. The zero-order chi connectivity index (χ0) is 32.6. The Morgan fingerprint density at radius 1 is 1.09 bits per heavy atom. The number of likely N-dealkylation sites (tertiary alicyclic amines) is 1. The fourth-order valence-corrected chi connectivity index (χ4v) is 9.69. The van der Waals surface area contributed by atoms with Crippen LogP contribution in [0.4, 0.5) is 4.79 Å². The SMILES string of the molecule is COCO[C@H]1[C@H](C)C23CCC(=O)C2[C@@](C)([C@H](C)CC3)[C@H](OC(=O)NC(=O)[C@H]2CN(C)CC[C@@H]2C)C[C@@]1(C)C=Cc1ccccc1. The van der Waals surface area contributed by atoms with Crippen LogP contribution >= 0.6 is 0 Å². The summed E-state index contributed by atoms with van der Waals surface area (Å²) in [5, 5.41) is 2.62. The summed E-state index contributed by atoms with van der Waals surface area (Å²) >= 11 is 0. The summed E-state index contributed by atoms with van der Waals surface area (Å²) < 4.78 is 18.5. The predicted molar refractivity (Wildman–Crippen MR) is 174 cm³/mol. The Bertz CT molecular complexity index is 1270. The van der Waals surface area contributed by atoms with Gasteiger partial charge in [-0.3, -0.25) is 14.9 Å². The molecule has 10 atom stereocenters. The van der Waals surface area contributed by atoms with Gasteiger partial charge in [0.1, 0.15) is 18.7 Å². The maximum Gasteiger partial charge on any atom is 0.414 e. The summed E-state index contributed by atoms with van der Waals surface area (Å²) in [7, 11) is 3.63. The molecular formula is C37H54N2O6. The maximum atomic E-state index is 14.0. The van der Waals surface area contributed by atoms with Crippen molar-refractivity contribution < 1.29 is 28.6 Å². The number of amides is 2. The Morgan fingerprint density at radius 2 is 1.82 bits per heavy atom. The third-order valence-electron chi connectivity index (χ3n) is 12.6. The number of imide groups is 1. The van der Waals surface area contributed by atoms with Gasteiger partial charge in [-0.25, -0.2) is 4.79 Å². The molecule has 0 aromatic heterocycles. The van der Waals surface area contributed by atoms with Gasteiger partial charge in [0.2, 0.25) is 5.91 Å². The number of piperidine rings is 1. The minimum absolute atomic E-state index is 0.0579. The van der Waals surface area contributed by atoms with Gasteiger partial charge in [-0.1, -0.05) is 77.1 Å². The number of ether oxygens (including phenoxy) is 3. The van der Waals surface area contributed by atoms with E-state index in [0.717, 1.165) is 37.8 Å². The molecule has 4 fully saturated rings. The monoisotopic (exact) mass is 622 g/mol. The molecule has 2 bridgehead atoms. The van der Waals surface area contributed by atoms with E-state index in [4.69, 9.17) is 14.2 Å². The van der Waals surface area contributed by atoms with Crippen LogP contribution in [-0.2, 0) is 23.8 Å². The molecule has 8 heteroatoms. The number of Topliss-reactive ketones (excluding diaryl/α,β-unsaturated/α-hetero) is 1.